The van der Waals surface area contributed by atoms with Crippen LogP contribution in [0.1, 0.15) is 0 Å². The molecule has 3 radical (unpaired) electrons. The van der Waals surface area contributed by atoms with Crippen molar-refractivity contribution in [2.24, 2.45) is 0 Å². The smallest absolute Gasteiger partial charge is 0.158 e. The maximum absolute atomic E-state index is 9.31. The maximum Gasteiger partial charge on any atom is 0.158 e. The van der Waals surface area contributed by atoms with Gasteiger partial charge in [0.2, 0.25) is 0 Å². The van der Waals surface area contributed by atoms with Gasteiger partial charge in [-0.25, -0.2) is 0 Å². The van der Waals surface area contributed by atoms with E-state index in [9.17, 15) is 3.56 Å². The van der Waals surface area contributed by atoms with Crippen molar-refractivity contribution in [3.8, 4) is 0 Å². The van der Waals surface area contributed by atoms with Gasteiger partial charge in [0.25, 0.3) is 0 Å². The van der Waals surface area contributed by atoms with Gasteiger partial charge in [-0.15, -0.1) is 0 Å². The summed E-state index contributed by atoms with van der Waals surface area (Å²) in [6.07, 6.45) is 0. The van der Waals surface area contributed by atoms with Gasteiger partial charge in [0.1, 0.15) is 0 Å². The van der Waals surface area contributed by atoms with E-state index < -0.39 is 0 Å². The van der Waals surface area contributed by atoms with Gasteiger partial charge < -0.3 is 0 Å². The van der Waals surface area contributed by atoms with Gasteiger partial charge in [-0.3, -0.25) is 0 Å². The van der Waals surface area contributed by atoms with Crippen LogP contribution in [0.5, 0.6) is 0 Å². The molecule has 0 fully saturated rings. The summed E-state index contributed by atoms with van der Waals surface area (Å²) in [6.45, 7) is 0. The van der Waals surface area contributed by atoms with Crippen molar-refractivity contribution in [3.05, 3.63) is 0 Å². The van der Waals surface area contributed by atoms with E-state index in [1.807, 2.05) is 0 Å². The van der Waals surface area contributed by atoms with Crippen LogP contribution in [-0.2, 0) is 0 Å². The molecule has 0 rings (SSSR count). The Bertz CT molecular complexity index is 11.6. The Balaban J connectivity index is -0.00000000167. The quantitative estimate of drug-likeness (QED) is 0.403. The third-order valence-electron chi connectivity index (χ3n) is 0. The molecule has 1 atom stereocenters. The number of rotatable bonds is 0. The van der Waals surface area contributed by atoms with Crippen molar-refractivity contribution < 1.29 is 52.9 Å². The minimum atomic E-state index is 0. The van der Waals surface area contributed by atoms with E-state index in [4.69, 9.17) is 0 Å². The number of hydrogen-bond donors (Lipinski definition) is 0. The summed E-state index contributed by atoms with van der Waals surface area (Å²) in [4.78, 5) is 0. The minimum absolute atomic E-state index is 0. The van der Waals surface area contributed by atoms with Gasteiger partial charge >= 0.3 is 0 Å². The van der Waals surface area contributed by atoms with E-state index in [1.54, 1.807) is 0 Å². The van der Waals surface area contributed by atoms with E-state index >= 15 is 0 Å². The molecule has 0 aromatic heterocycles. The Labute approximate surface area is 124 Å². The molecule has 5 heavy (non-hydrogen) atoms. The molecule has 0 nitrogen and oxygen atoms in total. The SMILES string of the molecule is FBr.P.[Ba].[Eu]. The average molecular weight is 422 g/mol. The second kappa shape index (κ2) is 24.5. The van der Waals surface area contributed by atoms with E-state index in [0.717, 1.165) is 0 Å². The van der Waals surface area contributed by atoms with Crippen molar-refractivity contribution in [3.63, 3.8) is 0 Å². The van der Waals surface area contributed by atoms with Gasteiger partial charge in [-0.05, 0) is 0 Å². The third kappa shape index (κ3) is 18.0. The Morgan fingerprint density at radius 2 is 1.20 bits per heavy atom. The molecule has 0 saturated heterocycles. The van der Waals surface area contributed by atoms with Crippen molar-refractivity contribution in [1.82, 2.24) is 0 Å². The predicted octanol–water partition coefficient (Wildman–Crippen LogP) is 0.943. The summed E-state index contributed by atoms with van der Waals surface area (Å²) in [6, 6.07) is 0. The third-order valence-corrected chi connectivity index (χ3v) is 0. The van der Waals surface area contributed by atoms with Crippen LogP contribution in [0.2, 0.25) is 0 Å². The number of hydrogen-bond acceptors (Lipinski definition) is 0. The Kier molecular flexibility index (Phi) is 113. The van der Waals surface area contributed by atoms with Gasteiger partial charge in [0.15, 0.2) is 16.4 Å². The molecule has 31 valence electrons. The van der Waals surface area contributed by atoms with E-state index in [2.05, 4.69) is 0 Å². The zero-order valence-electron chi connectivity index (χ0n) is 2.55. The zero-order chi connectivity index (χ0) is 2.00. The fourth-order valence-corrected chi connectivity index (χ4v) is 0. The van der Waals surface area contributed by atoms with Crippen molar-refractivity contribution in [1.29, 1.82) is 0 Å². The van der Waals surface area contributed by atoms with Crippen molar-refractivity contribution >= 4 is 75.2 Å². The van der Waals surface area contributed by atoms with Crippen LogP contribution in [0.3, 0.4) is 0 Å². The largest absolute Gasteiger partial charge is 0.158 e. The van der Waals surface area contributed by atoms with E-state index in [0.29, 0.717) is 0 Å². The standard InChI is InChI=1S/Ba.BrF.Eu.H3P/c;1-2;;/h;;;1H3. The molecule has 0 amide bonds. The summed E-state index contributed by atoms with van der Waals surface area (Å²) in [5, 5.41) is 0. The average Bonchev–Trinajstić information content (AvgIpc) is 1.00. The van der Waals surface area contributed by atoms with Crippen LogP contribution in [0.4, 0.5) is 3.56 Å². The topological polar surface area (TPSA) is 0 Å². The molecular formula is H3BaBrEuFP. The van der Waals surface area contributed by atoms with Crippen LogP contribution >= 0.6 is 26.3 Å². The molecule has 0 aliphatic heterocycles. The fraction of sp³-hybridized carbons (Fsp3) is 0. The first-order valence-corrected chi connectivity index (χ1v) is 0.742. The second-order valence-corrected chi connectivity index (χ2v) is 0. The molecule has 0 aliphatic rings. The summed E-state index contributed by atoms with van der Waals surface area (Å²) < 4.78 is 9.31. The minimum Gasteiger partial charge on any atom is -0.158 e. The first-order chi connectivity index (χ1) is 1.00. The van der Waals surface area contributed by atoms with Gasteiger partial charge in [0.05, 0.1) is 0 Å². The van der Waals surface area contributed by atoms with E-state index in [-0.39, 0.29) is 108 Å². The molecule has 0 spiro atoms. The predicted molar refractivity (Wildman–Crippen MR) is 26.9 cm³/mol. The van der Waals surface area contributed by atoms with Crippen LogP contribution in [0.25, 0.3) is 0 Å². The summed E-state index contributed by atoms with van der Waals surface area (Å²) in [5.41, 5.74) is 0. The van der Waals surface area contributed by atoms with Gasteiger partial charge in [-0.2, -0.15) is 13.5 Å². The van der Waals surface area contributed by atoms with Crippen molar-refractivity contribution in [2.45, 2.75) is 0 Å². The van der Waals surface area contributed by atoms with E-state index in [1.165, 1.54) is 16.4 Å². The summed E-state index contributed by atoms with van der Waals surface area (Å²) >= 11 is 1.44. The van der Waals surface area contributed by atoms with Crippen LogP contribution in [0.15, 0.2) is 0 Å². The van der Waals surface area contributed by atoms with Crippen LogP contribution in [-0.4, -0.2) is 48.9 Å². The molecule has 0 aromatic carbocycles. The van der Waals surface area contributed by atoms with Crippen molar-refractivity contribution in [2.75, 3.05) is 0 Å². The fourth-order valence-electron chi connectivity index (χ4n) is 0. The molecule has 0 N–H and O–H groups in total. The summed E-state index contributed by atoms with van der Waals surface area (Å²) in [7, 11) is 0. The first kappa shape index (κ1) is 23.0. The normalized spacial score (nSPS) is 1.20. The van der Waals surface area contributed by atoms with Crippen LogP contribution < -0.4 is 0 Å². The van der Waals surface area contributed by atoms with Gasteiger partial charge in [-0.1, -0.05) is 0 Å². The molecule has 1 unspecified atom stereocenters. The molecule has 0 aliphatic carbocycles. The molecular weight excluding hydrogens is 419 g/mol. The molecule has 0 aromatic rings. The Morgan fingerprint density at radius 3 is 1.20 bits per heavy atom. The Morgan fingerprint density at radius 1 is 1.20 bits per heavy atom. The monoisotopic (exact) mass is 423 g/mol. The maximum atomic E-state index is 9.31. The molecule has 0 bridgehead atoms. The second-order valence-electron chi connectivity index (χ2n) is 0. The summed E-state index contributed by atoms with van der Waals surface area (Å²) in [5.74, 6) is 0. The molecule has 0 heterocycles. The number of halogens is 2. The molecule has 5 heteroatoms. The zero-order valence-corrected chi connectivity index (χ0v) is 12.4. The Hall–Kier alpha value is 4.00. The van der Waals surface area contributed by atoms with Crippen LogP contribution in [0, 0.1) is 49.4 Å². The van der Waals surface area contributed by atoms with Gasteiger partial charge in [0, 0.05) is 98.3 Å². The first-order valence-electron chi connectivity index (χ1n) is 0.143. The molecule has 0 saturated carbocycles.